The summed E-state index contributed by atoms with van der Waals surface area (Å²) in [6, 6.07) is 14.2. The molecule has 11 heteroatoms. The van der Waals surface area contributed by atoms with E-state index < -0.39 is 6.09 Å². The molecule has 2 fully saturated rings. The van der Waals surface area contributed by atoms with E-state index in [9.17, 15) is 19.6 Å². The molecule has 188 valence electrons. The molecule has 6 rings (SSSR count). The Labute approximate surface area is 211 Å². The number of likely N-dealkylation sites (tertiary alicyclic amines) is 1. The zero-order chi connectivity index (χ0) is 25.5. The van der Waals surface area contributed by atoms with Crippen LogP contribution >= 0.6 is 0 Å². The first-order chi connectivity index (χ1) is 18.0. The van der Waals surface area contributed by atoms with Gasteiger partial charge in [0.15, 0.2) is 18.2 Å². The van der Waals surface area contributed by atoms with Crippen molar-refractivity contribution in [3.63, 3.8) is 0 Å². The minimum atomic E-state index is -0.464. The Bertz CT molecular complexity index is 1510. The van der Waals surface area contributed by atoms with Crippen LogP contribution in [0.3, 0.4) is 0 Å². The van der Waals surface area contributed by atoms with E-state index in [1.165, 1.54) is 4.90 Å². The van der Waals surface area contributed by atoms with Crippen LogP contribution in [0.25, 0.3) is 10.9 Å². The number of pyridine rings is 2. The van der Waals surface area contributed by atoms with Crippen LogP contribution in [-0.4, -0.2) is 65.3 Å². The van der Waals surface area contributed by atoms with Crippen LogP contribution in [0.15, 0.2) is 47.3 Å². The zero-order valence-corrected chi connectivity index (χ0v) is 19.9. The van der Waals surface area contributed by atoms with Gasteiger partial charge in [0.05, 0.1) is 17.1 Å². The highest BCUT2D eigenvalue weighted by molar-refractivity contribution is 5.95. The van der Waals surface area contributed by atoms with Crippen molar-refractivity contribution in [1.82, 2.24) is 14.5 Å². The molecule has 0 aliphatic carbocycles. The van der Waals surface area contributed by atoms with Gasteiger partial charge < -0.3 is 19.4 Å². The lowest BCUT2D eigenvalue weighted by Crippen LogP contribution is -2.48. The highest BCUT2D eigenvalue weighted by Gasteiger charge is 2.42. The largest absolute Gasteiger partial charge is 0.480 e. The fourth-order valence-corrected chi connectivity index (χ4v) is 5.25. The third kappa shape index (κ3) is 4.36. The van der Waals surface area contributed by atoms with Crippen LogP contribution in [0.4, 0.5) is 16.4 Å². The van der Waals surface area contributed by atoms with Crippen molar-refractivity contribution in [2.45, 2.75) is 19.1 Å². The van der Waals surface area contributed by atoms with E-state index in [0.717, 1.165) is 30.4 Å². The normalized spacial score (nSPS) is 21.0. The Hall–Kier alpha value is -4.43. The lowest BCUT2D eigenvalue weighted by Gasteiger charge is -2.33. The molecule has 37 heavy (non-hydrogen) atoms. The van der Waals surface area contributed by atoms with Crippen LogP contribution in [-0.2, 0) is 16.1 Å². The number of ether oxygens (including phenoxy) is 2. The smallest absolute Gasteiger partial charge is 0.415 e. The summed E-state index contributed by atoms with van der Waals surface area (Å²) in [5.41, 5.74) is 1.18. The Kier molecular flexibility index (Phi) is 5.73. The van der Waals surface area contributed by atoms with Crippen LogP contribution in [0.5, 0.6) is 5.75 Å². The van der Waals surface area contributed by atoms with Crippen molar-refractivity contribution < 1.29 is 19.1 Å². The number of nitrogens with zero attached hydrogens (tertiary/aromatic N) is 5. The number of aromatic nitrogens is 2. The molecular formula is C26H24N6O5. The standard InChI is InChI=1S/C26H24N6O5/c27-11-16-2-3-17-4-7-24(34)31(19(17)10-16)9-1-8-30-12-18-13-32(26(35)37-21(18)14-30)22-6-5-20-25(28-22)29-23(33)15-36-20/h2-7,10,18,21H,1,8-9,12-15H2,(H,28,29,33)/t18-,21-/m0/s1. The fourth-order valence-electron chi connectivity index (χ4n) is 5.25. The first-order valence-corrected chi connectivity index (χ1v) is 12.2. The molecule has 0 saturated carbocycles. The van der Waals surface area contributed by atoms with Crippen molar-refractivity contribution in [1.29, 1.82) is 5.26 Å². The molecule has 1 N–H and O–H groups in total. The quantitative estimate of drug-likeness (QED) is 0.563. The van der Waals surface area contributed by atoms with E-state index in [1.807, 2.05) is 6.07 Å². The molecule has 3 aliphatic heterocycles. The number of nitriles is 1. The van der Waals surface area contributed by atoms with Gasteiger partial charge in [0.2, 0.25) is 0 Å². The second-order valence-electron chi connectivity index (χ2n) is 9.47. The molecule has 3 aliphatic rings. The second-order valence-corrected chi connectivity index (χ2v) is 9.47. The first kappa shape index (κ1) is 23.0. The average molecular weight is 501 g/mol. The van der Waals surface area contributed by atoms with Crippen molar-refractivity contribution in [3.05, 3.63) is 58.4 Å². The molecule has 2 amide bonds. The number of aryl methyl sites for hydroxylation is 1. The van der Waals surface area contributed by atoms with E-state index in [1.54, 1.807) is 41.0 Å². The molecule has 11 nitrogen and oxygen atoms in total. The Morgan fingerprint density at radius 2 is 1.92 bits per heavy atom. The van der Waals surface area contributed by atoms with Crippen LogP contribution in [0.1, 0.15) is 12.0 Å². The zero-order valence-electron chi connectivity index (χ0n) is 19.9. The number of anilines is 2. The highest BCUT2D eigenvalue weighted by Crippen LogP contribution is 2.32. The number of amides is 2. The summed E-state index contributed by atoms with van der Waals surface area (Å²) in [7, 11) is 0. The van der Waals surface area contributed by atoms with Crippen LogP contribution < -0.4 is 20.5 Å². The van der Waals surface area contributed by atoms with Crippen molar-refractivity contribution in [2.75, 3.05) is 43.0 Å². The number of hydrogen-bond acceptors (Lipinski definition) is 8. The Morgan fingerprint density at radius 3 is 2.78 bits per heavy atom. The molecule has 0 spiro atoms. The predicted molar refractivity (Wildman–Crippen MR) is 133 cm³/mol. The van der Waals surface area contributed by atoms with E-state index in [2.05, 4.69) is 21.3 Å². The Balaban J connectivity index is 1.10. The minimum absolute atomic E-state index is 0.0601. The van der Waals surface area contributed by atoms with Gasteiger partial charge in [-0.15, -0.1) is 0 Å². The van der Waals surface area contributed by atoms with Gasteiger partial charge >= 0.3 is 6.09 Å². The summed E-state index contributed by atoms with van der Waals surface area (Å²) in [6.07, 6.45) is 0.0657. The summed E-state index contributed by atoms with van der Waals surface area (Å²) in [6.45, 7) is 3.05. The molecule has 5 heterocycles. The number of fused-ring (bicyclic) bond motifs is 3. The van der Waals surface area contributed by atoms with Gasteiger partial charge in [-0.2, -0.15) is 5.26 Å². The second kappa shape index (κ2) is 9.22. The van der Waals surface area contributed by atoms with Crippen LogP contribution in [0.2, 0.25) is 0 Å². The van der Waals surface area contributed by atoms with Gasteiger partial charge in [-0.3, -0.25) is 19.4 Å². The monoisotopic (exact) mass is 500 g/mol. The number of carbonyl (C=O) groups is 2. The van der Waals surface area contributed by atoms with Crippen molar-refractivity contribution in [2.24, 2.45) is 5.92 Å². The van der Waals surface area contributed by atoms with Gasteiger partial charge in [0.1, 0.15) is 11.9 Å². The van der Waals surface area contributed by atoms with E-state index in [4.69, 9.17) is 9.47 Å². The topological polar surface area (TPSA) is 130 Å². The first-order valence-electron chi connectivity index (χ1n) is 12.2. The van der Waals surface area contributed by atoms with Gasteiger partial charge in [0, 0.05) is 44.7 Å². The molecule has 1 aromatic carbocycles. The molecule has 0 unspecified atom stereocenters. The minimum Gasteiger partial charge on any atom is -0.480 e. The van der Waals surface area contributed by atoms with E-state index in [0.29, 0.717) is 42.6 Å². The highest BCUT2D eigenvalue weighted by atomic mass is 16.6. The summed E-state index contributed by atoms with van der Waals surface area (Å²) in [5, 5.41) is 12.8. The Morgan fingerprint density at radius 1 is 1.05 bits per heavy atom. The number of carbonyl (C=O) groups excluding carboxylic acids is 2. The SMILES string of the molecule is N#Cc1ccc2ccc(=O)n(CCCN3C[C@H]4CN(c5ccc6c(n5)NC(=O)CO6)C(=O)O[C@H]4C3)c2c1. The molecule has 2 saturated heterocycles. The van der Waals surface area contributed by atoms with E-state index in [-0.39, 0.29) is 30.1 Å². The van der Waals surface area contributed by atoms with Crippen molar-refractivity contribution >= 4 is 34.5 Å². The number of rotatable bonds is 5. The van der Waals surface area contributed by atoms with Crippen molar-refractivity contribution in [3.8, 4) is 11.8 Å². The third-order valence-electron chi connectivity index (χ3n) is 7.06. The maximum atomic E-state index is 12.8. The fraction of sp³-hybridized carbons (Fsp3) is 0.346. The molecule has 2 atom stereocenters. The third-order valence-corrected chi connectivity index (χ3v) is 7.06. The molecule has 0 bridgehead atoms. The summed E-state index contributed by atoms with van der Waals surface area (Å²) in [5.74, 6) is 0.981. The molecule has 0 radical (unpaired) electrons. The summed E-state index contributed by atoms with van der Waals surface area (Å²) < 4.78 is 12.8. The maximum Gasteiger partial charge on any atom is 0.415 e. The average Bonchev–Trinajstić information content (AvgIpc) is 3.30. The molecule has 2 aromatic heterocycles. The number of nitrogens with one attached hydrogen (secondary N) is 1. The van der Waals surface area contributed by atoms with Gasteiger partial charge in [0.25, 0.3) is 11.5 Å². The number of hydrogen-bond donors (Lipinski definition) is 1. The van der Waals surface area contributed by atoms with Crippen LogP contribution in [0, 0.1) is 17.2 Å². The number of benzene rings is 1. The van der Waals surface area contributed by atoms with Gasteiger partial charge in [-0.05, 0) is 42.1 Å². The maximum absolute atomic E-state index is 12.8. The van der Waals surface area contributed by atoms with E-state index >= 15 is 0 Å². The summed E-state index contributed by atoms with van der Waals surface area (Å²) in [4.78, 5) is 45.1. The lowest BCUT2D eigenvalue weighted by molar-refractivity contribution is -0.118. The summed E-state index contributed by atoms with van der Waals surface area (Å²) >= 11 is 0. The molecular weight excluding hydrogens is 476 g/mol. The molecule has 3 aromatic rings. The van der Waals surface area contributed by atoms with Gasteiger partial charge in [-0.1, -0.05) is 6.07 Å². The van der Waals surface area contributed by atoms with Gasteiger partial charge in [-0.25, -0.2) is 9.78 Å². The predicted octanol–water partition coefficient (Wildman–Crippen LogP) is 1.95. The lowest BCUT2D eigenvalue weighted by atomic mass is 10.0.